The Balaban J connectivity index is 0.000000221. The topological polar surface area (TPSA) is 108 Å². The number of carbonyl (C=O) groups excluding carboxylic acids is 1. The van der Waals surface area contributed by atoms with E-state index < -0.39 is 11.9 Å². The maximum Gasteiger partial charge on any atom is 0.222 e. The number of carbonyl (C=O) groups is 1. The standard InChI is InChI=1S/C21H20FN3O3.C8H13NO2.C3H6O.C2H6/c1-12-7-15-20(22)19(11-24-21(15)25-12)28-14-5-4-6-23-16-10-18(27-3)17(26-2)9-13(16)8-14;1-2-7(10)9-3-8(4-9)5-11-6-8;1-2-4-3-1;1-2/h4-7,9-11,14H,8H2,1-3H3,(H,24,25);2-6H2,1H3;1-3H2;1-2H3. The number of methoxy groups -OCH3 is 2. The van der Waals surface area contributed by atoms with Crippen LogP contribution in [0.2, 0.25) is 0 Å². The molecule has 0 radical (unpaired) electrons. The number of allylic oxidation sites excluding steroid dienone is 1. The summed E-state index contributed by atoms with van der Waals surface area (Å²) in [5.41, 5.74) is 3.40. The molecular weight excluding hydrogens is 579 g/mol. The predicted molar refractivity (Wildman–Crippen MR) is 173 cm³/mol. The highest BCUT2D eigenvalue weighted by Crippen LogP contribution is 2.38. The Hall–Kier alpha value is -3.96. The van der Waals surface area contributed by atoms with Gasteiger partial charge >= 0.3 is 0 Å². The van der Waals surface area contributed by atoms with Crippen molar-refractivity contribution in [3.8, 4) is 17.2 Å². The maximum atomic E-state index is 14.9. The quantitative estimate of drug-likeness (QED) is 0.372. The lowest BCUT2D eigenvalue weighted by atomic mass is 9.78. The van der Waals surface area contributed by atoms with Crippen LogP contribution in [-0.2, 0) is 20.7 Å². The van der Waals surface area contributed by atoms with Gasteiger partial charge in [-0.1, -0.05) is 20.8 Å². The van der Waals surface area contributed by atoms with E-state index in [1.807, 2.05) is 50.8 Å². The van der Waals surface area contributed by atoms with Crippen molar-refractivity contribution in [1.29, 1.82) is 0 Å². The van der Waals surface area contributed by atoms with Crippen molar-refractivity contribution in [3.63, 3.8) is 0 Å². The summed E-state index contributed by atoms with van der Waals surface area (Å²) >= 11 is 0. The molecule has 11 heteroatoms. The number of aliphatic imine (C=N–C) groups is 1. The van der Waals surface area contributed by atoms with Gasteiger partial charge in [0.05, 0.1) is 50.1 Å². The fourth-order valence-electron chi connectivity index (χ4n) is 5.14. The molecule has 10 nitrogen and oxygen atoms in total. The van der Waals surface area contributed by atoms with Crippen LogP contribution in [0.4, 0.5) is 10.1 Å². The monoisotopic (exact) mass is 624 g/mol. The number of amides is 1. The third kappa shape index (κ3) is 8.20. The highest BCUT2D eigenvalue weighted by Gasteiger charge is 2.50. The van der Waals surface area contributed by atoms with E-state index in [9.17, 15) is 9.18 Å². The molecule has 6 heterocycles. The van der Waals surface area contributed by atoms with Crippen LogP contribution >= 0.6 is 0 Å². The van der Waals surface area contributed by atoms with Gasteiger partial charge in [0.1, 0.15) is 11.8 Å². The molecule has 2 aromatic heterocycles. The molecule has 1 atom stereocenters. The Bertz CT molecular complexity index is 1480. The van der Waals surface area contributed by atoms with Gasteiger partial charge in [0.2, 0.25) is 5.91 Å². The molecule has 3 aromatic rings. The van der Waals surface area contributed by atoms with Crippen LogP contribution in [0.1, 0.15) is 44.9 Å². The second-order valence-electron chi connectivity index (χ2n) is 11.1. The van der Waals surface area contributed by atoms with Crippen LogP contribution < -0.4 is 14.2 Å². The smallest absolute Gasteiger partial charge is 0.222 e. The Morgan fingerprint density at radius 1 is 1.09 bits per heavy atom. The number of hydrogen-bond donors (Lipinski definition) is 1. The Morgan fingerprint density at radius 3 is 2.33 bits per heavy atom. The van der Waals surface area contributed by atoms with Crippen molar-refractivity contribution in [1.82, 2.24) is 14.9 Å². The first-order valence-corrected chi connectivity index (χ1v) is 15.5. The largest absolute Gasteiger partial charge is 0.493 e. The third-order valence-electron chi connectivity index (χ3n) is 7.71. The zero-order valence-corrected chi connectivity index (χ0v) is 27.2. The van der Waals surface area contributed by atoms with Crippen LogP contribution in [-0.4, -0.2) is 86.8 Å². The van der Waals surface area contributed by atoms with Gasteiger partial charge in [-0.05, 0) is 43.2 Å². The fourth-order valence-corrected chi connectivity index (χ4v) is 5.14. The summed E-state index contributed by atoms with van der Waals surface area (Å²) in [4.78, 5) is 24.7. The first-order valence-electron chi connectivity index (χ1n) is 15.5. The zero-order valence-electron chi connectivity index (χ0n) is 27.2. The summed E-state index contributed by atoms with van der Waals surface area (Å²) in [5, 5.41) is 0.415. The number of benzene rings is 1. The molecule has 7 rings (SSSR count). The average molecular weight is 625 g/mol. The molecule has 3 fully saturated rings. The molecule has 1 unspecified atom stereocenters. The van der Waals surface area contributed by atoms with Gasteiger partial charge in [0.15, 0.2) is 23.1 Å². The van der Waals surface area contributed by atoms with Crippen LogP contribution in [0.25, 0.3) is 11.0 Å². The average Bonchev–Trinajstić information content (AvgIpc) is 3.35. The van der Waals surface area contributed by atoms with E-state index in [-0.39, 0.29) is 11.7 Å². The van der Waals surface area contributed by atoms with Crippen LogP contribution in [0, 0.1) is 18.2 Å². The number of likely N-dealkylation sites (tertiary alicyclic amines) is 1. The van der Waals surface area contributed by atoms with Gasteiger partial charge < -0.3 is 33.6 Å². The number of fused-ring (bicyclic) bond motifs is 2. The van der Waals surface area contributed by atoms with Crippen molar-refractivity contribution in [2.45, 2.75) is 53.1 Å². The van der Waals surface area contributed by atoms with Crippen molar-refractivity contribution in [3.05, 3.63) is 53.6 Å². The number of aromatic nitrogens is 2. The number of nitrogens with zero attached hydrogens (tertiary/aromatic N) is 3. The molecule has 1 spiro atoms. The van der Waals surface area contributed by atoms with Gasteiger partial charge in [-0.25, -0.2) is 9.37 Å². The minimum absolute atomic E-state index is 0.112. The summed E-state index contributed by atoms with van der Waals surface area (Å²) in [6.45, 7) is 13.3. The molecule has 0 aliphatic carbocycles. The first kappa shape index (κ1) is 33.9. The number of pyridine rings is 1. The number of hydrogen-bond acceptors (Lipinski definition) is 8. The van der Waals surface area contributed by atoms with Crippen LogP contribution in [0.3, 0.4) is 0 Å². The lowest BCUT2D eigenvalue weighted by Crippen LogP contribution is -2.67. The number of rotatable bonds is 5. The first-order chi connectivity index (χ1) is 21.8. The van der Waals surface area contributed by atoms with Gasteiger partial charge in [-0.2, -0.15) is 0 Å². The van der Waals surface area contributed by atoms with Crippen molar-refractivity contribution >= 4 is 28.8 Å². The van der Waals surface area contributed by atoms with E-state index in [0.29, 0.717) is 40.8 Å². The minimum atomic E-state index is -0.425. The van der Waals surface area contributed by atoms with E-state index in [1.54, 1.807) is 32.6 Å². The molecule has 244 valence electrons. The molecule has 1 aromatic carbocycles. The van der Waals surface area contributed by atoms with Gasteiger partial charge in [-0.15, -0.1) is 0 Å². The molecule has 1 N–H and O–H groups in total. The molecule has 45 heavy (non-hydrogen) atoms. The van der Waals surface area contributed by atoms with Gasteiger partial charge in [0.25, 0.3) is 0 Å². The lowest BCUT2D eigenvalue weighted by molar-refractivity contribution is -0.194. The number of nitrogens with one attached hydrogen (secondary N) is 1. The molecule has 4 aliphatic rings. The van der Waals surface area contributed by atoms with Crippen molar-refractivity contribution in [2.24, 2.45) is 10.4 Å². The fraction of sp³-hybridized carbons (Fsp3) is 0.500. The third-order valence-corrected chi connectivity index (χ3v) is 7.71. The molecule has 1 amide bonds. The Labute approximate surface area is 264 Å². The highest BCUT2D eigenvalue weighted by atomic mass is 19.1. The molecule has 0 bridgehead atoms. The van der Waals surface area contributed by atoms with Crippen LogP contribution in [0.15, 0.2) is 41.5 Å². The summed E-state index contributed by atoms with van der Waals surface area (Å²) in [7, 11) is 3.16. The second kappa shape index (κ2) is 15.9. The summed E-state index contributed by atoms with van der Waals surface area (Å²) in [6.07, 6.45) is 8.73. The van der Waals surface area contributed by atoms with Crippen molar-refractivity contribution in [2.75, 3.05) is 53.7 Å². The number of aromatic amines is 1. The van der Waals surface area contributed by atoms with E-state index in [1.165, 1.54) is 12.6 Å². The Kier molecular flexibility index (Phi) is 12.0. The van der Waals surface area contributed by atoms with E-state index in [2.05, 4.69) is 15.0 Å². The van der Waals surface area contributed by atoms with E-state index in [0.717, 1.165) is 56.5 Å². The minimum Gasteiger partial charge on any atom is -0.493 e. The maximum absolute atomic E-state index is 14.9. The van der Waals surface area contributed by atoms with Gasteiger partial charge in [-0.3, -0.25) is 9.79 Å². The zero-order chi connectivity index (χ0) is 32.4. The normalized spacial score (nSPS) is 18.5. The highest BCUT2D eigenvalue weighted by molar-refractivity contribution is 5.79. The van der Waals surface area contributed by atoms with E-state index >= 15 is 0 Å². The lowest BCUT2D eigenvalue weighted by Gasteiger charge is -2.54. The second-order valence-corrected chi connectivity index (χ2v) is 11.1. The SMILES string of the molecule is C1COC1.CC.CCC(=O)N1CC2(COC2)C1.COc1cc2c(cc1OC)N=CC=CC(Oc1cnc3[nH]c(C)cc3c1F)C2. The predicted octanol–water partition coefficient (Wildman–Crippen LogP) is 5.98. The number of aryl methyl sites for hydroxylation is 1. The van der Waals surface area contributed by atoms with Gasteiger partial charge in [0, 0.05) is 57.1 Å². The summed E-state index contributed by atoms with van der Waals surface area (Å²) in [5.74, 6) is 1.18. The van der Waals surface area contributed by atoms with E-state index in [4.69, 9.17) is 23.7 Å². The number of H-pyrrole nitrogens is 1. The summed E-state index contributed by atoms with van der Waals surface area (Å²) in [6, 6.07) is 5.41. The van der Waals surface area contributed by atoms with Crippen molar-refractivity contribution < 1.29 is 32.9 Å². The number of halogens is 1. The summed E-state index contributed by atoms with van der Waals surface area (Å²) < 4.78 is 41.4. The van der Waals surface area contributed by atoms with Crippen LogP contribution in [0.5, 0.6) is 17.2 Å². The molecule has 4 aliphatic heterocycles. The number of ether oxygens (including phenoxy) is 5. The molecular formula is C34H45FN4O6. The molecule has 0 saturated carbocycles. The molecule has 3 saturated heterocycles. The Morgan fingerprint density at radius 2 is 1.76 bits per heavy atom.